The Bertz CT molecular complexity index is 1340. The lowest BCUT2D eigenvalue weighted by Crippen LogP contribution is -2.35. The fourth-order valence-corrected chi connectivity index (χ4v) is 4.16. The number of hydrogen-bond donors (Lipinski definition) is 2. The summed E-state index contributed by atoms with van der Waals surface area (Å²) in [7, 11) is 0. The van der Waals surface area contributed by atoms with Crippen molar-refractivity contribution in [2.45, 2.75) is 32.0 Å². The molecule has 1 aromatic heterocycles. The molecule has 180 valence electrons. The third-order valence-corrected chi connectivity index (χ3v) is 5.93. The van der Waals surface area contributed by atoms with Gasteiger partial charge in [-0.2, -0.15) is 8.78 Å². The minimum Gasteiger partial charge on any atom is -0.346 e. The van der Waals surface area contributed by atoms with Crippen LogP contribution in [0.2, 0.25) is 5.02 Å². The van der Waals surface area contributed by atoms with Crippen LogP contribution in [-0.2, 0) is 4.79 Å². The lowest BCUT2D eigenvalue weighted by atomic mass is 10.0. The second kappa shape index (κ2) is 10.7. The number of hydrogen-bond acceptors (Lipinski definition) is 3. The number of imidazole rings is 1. The highest BCUT2D eigenvalue weighted by Crippen LogP contribution is 2.27. The van der Waals surface area contributed by atoms with E-state index in [1.165, 1.54) is 0 Å². The number of rotatable bonds is 8. The van der Waals surface area contributed by atoms with Gasteiger partial charge in [-0.1, -0.05) is 66.2 Å². The van der Waals surface area contributed by atoms with Crippen LogP contribution in [0.1, 0.15) is 53.7 Å². The second-order valence-electron chi connectivity index (χ2n) is 8.02. The molecule has 0 unspecified atom stereocenters. The lowest BCUT2D eigenvalue weighted by Gasteiger charge is -2.21. The van der Waals surface area contributed by atoms with Gasteiger partial charge in [-0.05, 0) is 36.8 Å². The van der Waals surface area contributed by atoms with Gasteiger partial charge < -0.3 is 10.6 Å². The van der Waals surface area contributed by atoms with Crippen molar-refractivity contribution < 1.29 is 18.4 Å². The second-order valence-corrected chi connectivity index (χ2v) is 8.42. The number of benzene rings is 3. The lowest BCUT2D eigenvalue weighted by molar-refractivity contribution is -0.122. The van der Waals surface area contributed by atoms with E-state index < -0.39 is 30.4 Å². The Balaban J connectivity index is 1.54. The van der Waals surface area contributed by atoms with E-state index in [0.29, 0.717) is 10.5 Å². The number of carbonyl (C=O) groups excluding carboxylic acids is 2. The number of fused-ring (bicyclic) bond motifs is 1. The molecule has 0 saturated heterocycles. The highest BCUT2D eigenvalue weighted by atomic mass is 35.5. The highest BCUT2D eigenvalue weighted by Gasteiger charge is 2.25. The molecule has 35 heavy (non-hydrogen) atoms. The molecule has 2 N–H and O–H groups in total. The number of para-hydroxylation sites is 2. The standard InChI is InChI=1S/C26H23ClF2N4O2/c1-16(24-31-20-13-7-8-14-22(20)33(24)26(28)29)30-23(34)15-21(17-9-3-2-4-10-17)32-25(35)18-11-5-6-12-19(18)27/h2-14,16,21,26H,15H2,1H3,(H,30,34)(H,32,35)/t16-,21-/m0/s1. The van der Waals surface area contributed by atoms with Gasteiger partial charge >= 0.3 is 6.55 Å². The van der Waals surface area contributed by atoms with E-state index in [9.17, 15) is 18.4 Å². The van der Waals surface area contributed by atoms with Crippen LogP contribution < -0.4 is 10.6 Å². The Kier molecular flexibility index (Phi) is 7.41. The summed E-state index contributed by atoms with van der Waals surface area (Å²) < 4.78 is 28.4. The molecule has 0 radical (unpaired) electrons. The van der Waals surface area contributed by atoms with Crippen LogP contribution in [0.15, 0.2) is 78.9 Å². The molecule has 0 aliphatic heterocycles. The molecule has 6 nitrogen and oxygen atoms in total. The maximum atomic E-state index is 13.8. The molecule has 0 aliphatic rings. The Hall–Kier alpha value is -3.78. The van der Waals surface area contributed by atoms with Crippen molar-refractivity contribution in [1.29, 1.82) is 0 Å². The van der Waals surface area contributed by atoms with Crippen LogP contribution in [0, 0.1) is 0 Å². The minimum absolute atomic E-state index is 0.0471. The summed E-state index contributed by atoms with van der Waals surface area (Å²) in [5.41, 5.74) is 1.70. The first-order valence-electron chi connectivity index (χ1n) is 11.0. The van der Waals surface area contributed by atoms with Crippen LogP contribution in [0.3, 0.4) is 0 Å². The summed E-state index contributed by atoms with van der Waals surface area (Å²) in [6, 6.07) is 20.7. The van der Waals surface area contributed by atoms with E-state index >= 15 is 0 Å². The van der Waals surface area contributed by atoms with E-state index in [1.54, 1.807) is 79.7 Å². The number of amides is 2. The van der Waals surface area contributed by atoms with Gasteiger partial charge in [-0.25, -0.2) is 4.98 Å². The first-order chi connectivity index (χ1) is 16.8. The molecule has 1 heterocycles. The molecular weight excluding hydrogens is 474 g/mol. The molecule has 0 bridgehead atoms. The predicted molar refractivity (Wildman–Crippen MR) is 130 cm³/mol. The van der Waals surface area contributed by atoms with E-state index in [2.05, 4.69) is 15.6 Å². The number of nitrogens with zero attached hydrogens (tertiary/aromatic N) is 2. The summed E-state index contributed by atoms with van der Waals surface area (Å²) in [5, 5.41) is 5.90. The molecule has 3 aromatic carbocycles. The van der Waals surface area contributed by atoms with E-state index in [4.69, 9.17) is 11.6 Å². The highest BCUT2D eigenvalue weighted by molar-refractivity contribution is 6.33. The summed E-state index contributed by atoms with van der Waals surface area (Å²) in [6.07, 6.45) is -0.112. The largest absolute Gasteiger partial charge is 0.346 e. The number of alkyl halides is 2. The third kappa shape index (κ3) is 5.49. The molecule has 4 aromatic rings. The van der Waals surface area contributed by atoms with Crippen LogP contribution in [0.4, 0.5) is 8.78 Å². The SMILES string of the molecule is C[C@H](NC(=O)C[C@H](NC(=O)c1ccccc1Cl)c1ccccc1)c1nc2ccccc2n1C(F)F. The first-order valence-corrected chi connectivity index (χ1v) is 11.4. The minimum atomic E-state index is -2.82. The number of nitrogens with one attached hydrogen (secondary N) is 2. The summed E-state index contributed by atoms with van der Waals surface area (Å²) in [6.45, 7) is -1.22. The maximum Gasteiger partial charge on any atom is 0.320 e. The number of carbonyl (C=O) groups is 2. The van der Waals surface area contributed by atoms with Gasteiger partial charge in [0.1, 0.15) is 5.82 Å². The van der Waals surface area contributed by atoms with Crippen molar-refractivity contribution in [2.24, 2.45) is 0 Å². The molecule has 2 atom stereocenters. The molecular formula is C26H23ClF2N4O2. The third-order valence-electron chi connectivity index (χ3n) is 5.60. The summed E-state index contributed by atoms with van der Waals surface area (Å²) in [4.78, 5) is 30.2. The van der Waals surface area contributed by atoms with Crippen molar-refractivity contribution in [2.75, 3.05) is 0 Å². The normalized spacial score (nSPS) is 12.9. The zero-order valence-corrected chi connectivity index (χ0v) is 19.5. The molecule has 2 amide bonds. The van der Waals surface area contributed by atoms with Gasteiger partial charge in [-0.3, -0.25) is 14.2 Å². The monoisotopic (exact) mass is 496 g/mol. The Morgan fingerprint density at radius 3 is 2.31 bits per heavy atom. The van der Waals surface area contributed by atoms with Crippen molar-refractivity contribution in [3.8, 4) is 0 Å². The topological polar surface area (TPSA) is 76.0 Å². The number of aromatic nitrogens is 2. The molecule has 0 aliphatic carbocycles. The Labute approximate surface area is 205 Å². The smallest absolute Gasteiger partial charge is 0.320 e. The summed E-state index contributed by atoms with van der Waals surface area (Å²) >= 11 is 6.15. The van der Waals surface area contributed by atoms with Crippen LogP contribution in [0.25, 0.3) is 11.0 Å². The average Bonchev–Trinajstić information content (AvgIpc) is 3.24. The van der Waals surface area contributed by atoms with Gasteiger partial charge in [0, 0.05) is 0 Å². The fraction of sp³-hybridized carbons (Fsp3) is 0.192. The van der Waals surface area contributed by atoms with E-state index in [0.717, 1.165) is 10.1 Å². The van der Waals surface area contributed by atoms with Crippen molar-refractivity contribution in [3.05, 3.63) is 101 Å². The number of halogens is 3. The van der Waals surface area contributed by atoms with Crippen LogP contribution in [-0.4, -0.2) is 21.4 Å². The van der Waals surface area contributed by atoms with Crippen LogP contribution in [0.5, 0.6) is 0 Å². The molecule has 4 rings (SSSR count). The van der Waals surface area contributed by atoms with Crippen molar-refractivity contribution >= 4 is 34.4 Å². The summed E-state index contributed by atoms with van der Waals surface area (Å²) in [5.74, 6) is -0.811. The zero-order chi connectivity index (χ0) is 24.9. The van der Waals surface area contributed by atoms with Gasteiger partial charge in [0.05, 0.1) is 40.1 Å². The van der Waals surface area contributed by atoms with Crippen molar-refractivity contribution in [1.82, 2.24) is 20.2 Å². The Morgan fingerprint density at radius 2 is 1.60 bits per heavy atom. The Morgan fingerprint density at radius 1 is 0.943 bits per heavy atom. The fourth-order valence-electron chi connectivity index (χ4n) is 3.94. The maximum absolute atomic E-state index is 13.8. The molecule has 9 heteroatoms. The molecule has 0 spiro atoms. The van der Waals surface area contributed by atoms with Gasteiger partial charge in [-0.15, -0.1) is 0 Å². The predicted octanol–water partition coefficient (Wildman–Crippen LogP) is 5.82. The van der Waals surface area contributed by atoms with Gasteiger partial charge in [0.25, 0.3) is 5.91 Å². The molecule has 0 saturated carbocycles. The van der Waals surface area contributed by atoms with E-state index in [-0.39, 0.29) is 23.3 Å². The zero-order valence-electron chi connectivity index (χ0n) is 18.8. The average molecular weight is 497 g/mol. The van der Waals surface area contributed by atoms with Crippen molar-refractivity contribution in [3.63, 3.8) is 0 Å². The quantitative estimate of drug-likeness (QED) is 0.322. The molecule has 0 fully saturated rings. The first kappa shape index (κ1) is 24.3. The van der Waals surface area contributed by atoms with Crippen LogP contribution >= 0.6 is 11.6 Å². The van der Waals surface area contributed by atoms with Gasteiger partial charge in [0.15, 0.2) is 0 Å². The van der Waals surface area contributed by atoms with E-state index in [1.807, 2.05) is 6.07 Å². The van der Waals surface area contributed by atoms with Gasteiger partial charge in [0.2, 0.25) is 5.91 Å².